The van der Waals surface area contributed by atoms with Gasteiger partial charge in [0.2, 0.25) is 12.1 Å². The van der Waals surface area contributed by atoms with Crippen molar-refractivity contribution in [1.29, 1.82) is 0 Å². The minimum absolute atomic E-state index is 0.0609. The smallest absolute Gasteiger partial charge is 0.302 e. The van der Waals surface area contributed by atoms with Gasteiger partial charge in [0.25, 0.3) is 5.91 Å². The van der Waals surface area contributed by atoms with E-state index in [-0.39, 0.29) is 27.4 Å². The molecule has 0 atom stereocenters. The number of aldehydes is 1. The van der Waals surface area contributed by atoms with Gasteiger partial charge < -0.3 is 5.32 Å². The highest BCUT2D eigenvalue weighted by Crippen LogP contribution is 2.23. The van der Waals surface area contributed by atoms with Gasteiger partial charge in [0.15, 0.2) is 11.5 Å². The Bertz CT molecular complexity index is 1170. The molecule has 2 aromatic heterocycles. The molecule has 33 heavy (non-hydrogen) atoms. The lowest BCUT2D eigenvalue weighted by Gasteiger charge is -2.05. The Hall–Kier alpha value is -3.24. The Labute approximate surface area is 198 Å². The van der Waals surface area contributed by atoms with Gasteiger partial charge in [-0.2, -0.15) is 13.2 Å². The number of aromatic nitrogens is 3. The SMILES string of the molecule is O=C(Nc1nonc1C(=Nc1ccc(F)c(Br)c1)NO)c1cncc(Br)c1.O=CC(F)(F)F. The third-order valence-electron chi connectivity index (χ3n) is 3.30. The highest BCUT2D eigenvalue weighted by atomic mass is 79.9. The molecule has 3 N–H and O–H groups in total. The second kappa shape index (κ2) is 11.6. The number of rotatable bonds is 4. The van der Waals surface area contributed by atoms with Gasteiger partial charge in [0.1, 0.15) is 5.82 Å². The minimum Gasteiger partial charge on any atom is -0.302 e. The Morgan fingerprint density at radius 1 is 1.18 bits per heavy atom. The van der Waals surface area contributed by atoms with E-state index in [0.29, 0.717) is 10.2 Å². The number of hydroxylamine groups is 1. The van der Waals surface area contributed by atoms with E-state index in [1.54, 1.807) is 6.07 Å². The van der Waals surface area contributed by atoms with Crippen LogP contribution >= 0.6 is 31.9 Å². The Morgan fingerprint density at radius 2 is 1.88 bits per heavy atom. The van der Waals surface area contributed by atoms with Crippen molar-refractivity contribution in [3.05, 3.63) is 62.7 Å². The van der Waals surface area contributed by atoms with Gasteiger partial charge in [-0.3, -0.25) is 25.3 Å². The third kappa shape index (κ3) is 7.99. The summed E-state index contributed by atoms with van der Waals surface area (Å²) in [4.78, 5) is 29.0. The first-order chi connectivity index (χ1) is 15.5. The number of nitrogens with one attached hydrogen (secondary N) is 2. The van der Waals surface area contributed by atoms with Crippen molar-refractivity contribution < 1.29 is 37.0 Å². The van der Waals surface area contributed by atoms with Crippen molar-refractivity contribution in [2.24, 2.45) is 4.99 Å². The van der Waals surface area contributed by atoms with E-state index in [9.17, 15) is 27.6 Å². The van der Waals surface area contributed by atoms with Crippen molar-refractivity contribution in [3.63, 3.8) is 0 Å². The molecule has 3 aromatic rings. The molecule has 1 aromatic carbocycles. The van der Waals surface area contributed by atoms with Gasteiger partial charge in [-0.25, -0.2) is 14.0 Å². The standard InChI is InChI=1S/C15H9Br2FN6O3.C2HF3O/c16-8-3-7(5-19-6-8)15(25)21-14-12(23-27-24-14)13(22-26)20-9-1-2-11(18)10(17)4-9;3-2(4,5)1-6/h1-6,26H,(H,20,22)(H,21,24,25);1H. The van der Waals surface area contributed by atoms with Crippen LogP contribution in [-0.4, -0.2) is 44.7 Å². The lowest BCUT2D eigenvalue weighted by Crippen LogP contribution is -2.23. The largest absolute Gasteiger partial charge is 0.446 e. The minimum atomic E-state index is -4.64. The van der Waals surface area contributed by atoms with E-state index in [4.69, 9.17) is 4.79 Å². The third-order valence-corrected chi connectivity index (χ3v) is 4.34. The monoisotopic (exact) mass is 596 g/mol. The van der Waals surface area contributed by atoms with Crippen molar-refractivity contribution in [1.82, 2.24) is 20.8 Å². The van der Waals surface area contributed by atoms with Gasteiger partial charge in [-0.15, -0.1) is 0 Å². The number of anilines is 1. The number of carbonyl (C=O) groups is 2. The molecule has 0 unspecified atom stereocenters. The molecule has 0 spiro atoms. The van der Waals surface area contributed by atoms with Gasteiger partial charge in [0, 0.05) is 16.9 Å². The number of aliphatic imine (C=N–C) groups is 1. The molecule has 0 aliphatic heterocycles. The number of alkyl halides is 3. The Kier molecular flexibility index (Phi) is 9.12. The number of halogens is 6. The number of benzene rings is 1. The predicted octanol–water partition coefficient (Wildman–Crippen LogP) is 4.19. The fourth-order valence-corrected chi connectivity index (χ4v) is 2.69. The first-order valence-electron chi connectivity index (χ1n) is 8.25. The van der Waals surface area contributed by atoms with E-state index in [1.807, 2.05) is 5.48 Å². The summed E-state index contributed by atoms with van der Waals surface area (Å²) in [6, 6.07) is 5.54. The molecule has 0 fully saturated rings. The molecule has 1 amide bonds. The van der Waals surface area contributed by atoms with Crippen LogP contribution in [0.5, 0.6) is 0 Å². The lowest BCUT2D eigenvalue weighted by atomic mass is 10.2. The number of pyridine rings is 1. The molecule has 0 radical (unpaired) electrons. The van der Waals surface area contributed by atoms with Gasteiger partial charge in [-0.05, 0) is 66.4 Å². The quantitative estimate of drug-likeness (QED) is 0.134. The zero-order chi connectivity index (χ0) is 24.6. The maximum atomic E-state index is 13.3. The molecule has 0 saturated carbocycles. The summed E-state index contributed by atoms with van der Waals surface area (Å²) in [5, 5.41) is 19.1. The molecule has 10 nitrogen and oxygen atoms in total. The highest BCUT2D eigenvalue weighted by molar-refractivity contribution is 9.10. The summed E-state index contributed by atoms with van der Waals surface area (Å²) in [7, 11) is 0. The van der Waals surface area contributed by atoms with Gasteiger partial charge >= 0.3 is 6.18 Å². The van der Waals surface area contributed by atoms with Crippen LogP contribution in [0.3, 0.4) is 0 Å². The summed E-state index contributed by atoms with van der Waals surface area (Å²) >= 11 is 6.27. The first kappa shape index (κ1) is 26.0. The van der Waals surface area contributed by atoms with Crippen LogP contribution in [0, 0.1) is 5.82 Å². The van der Waals surface area contributed by atoms with E-state index in [2.05, 4.69) is 62.1 Å². The molecule has 16 heteroatoms. The van der Waals surface area contributed by atoms with Crippen molar-refractivity contribution >= 4 is 61.4 Å². The molecule has 0 aliphatic rings. The van der Waals surface area contributed by atoms with Gasteiger partial charge in [-0.1, -0.05) is 0 Å². The average molecular weight is 598 g/mol. The van der Waals surface area contributed by atoms with Crippen molar-refractivity contribution in [2.75, 3.05) is 5.32 Å². The van der Waals surface area contributed by atoms with E-state index >= 15 is 0 Å². The van der Waals surface area contributed by atoms with Crippen LogP contribution < -0.4 is 10.8 Å². The van der Waals surface area contributed by atoms with E-state index < -0.39 is 24.2 Å². The van der Waals surface area contributed by atoms with Crippen LogP contribution in [-0.2, 0) is 4.79 Å². The fraction of sp³-hybridized carbons (Fsp3) is 0.0588. The predicted molar refractivity (Wildman–Crippen MR) is 112 cm³/mol. The second-order valence-corrected chi connectivity index (χ2v) is 7.41. The van der Waals surface area contributed by atoms with E-state index in [1.165, 1.54) is 30.6 Å². The second-order valence-electron chi connectivity index (χ2n) is 5.64. The average Bonchev–Trinajstić information content (AvgIpc) is 3.22. The normalized spacial score (nSPS) is 11.3. The van der Waals surface area contributed by atoms with Gasteiger partial charge in [0.05, 0.1) is 15.7 Å². The zero-order valence-corrected chi connectivity index (χ0v) is 18.9. The summed E-state index contributed by atoms with van der Waals surface area (Å²) in [5.41, 5.74) is 2.36. The first-order valence-corrected chi connectivity index (χ1v) is 9.84. The van der Waals surface area contributed by atoms with Crippen molar-refractivity contribution in [3.8, 4) is 0 Å². The summed E-state index contributed by atoms with van der Waals surface area (Å²) in [6.07, 6.45) is -2.81. The zero-order valence-electron chi connectivity index (χ0n) is 15.8. The Balaban J connectivity index is 0.000000569. The fourth-order valence-electron chi connectivity index (χ4n) is 1.96. The summed E-state index contributed by atoms with van der Waals surface area (Å²) in [5.74, 6) is -1.24. The Morgan fingerprint density at radius 3 is 2.45 bits per heavy atom. The topological polar surface area (TPSA) is 143 Å². The number of nitrogens with zero attached hydrogens (tertiary/aromatic N) is 4. The maximum absolute atomic E-state index is 13.3. The molecule has 0 bridgehead atoms. The highest BCUT2D eigenvalue weighted by Gasteiger charge is 2.25. The molecular weight excluding hydrogens is 588 g/mol. The maximum Gasteiger partial charge on any atom is 0.446 e. The summed E-state index contributed by atoms with van der Waals surface area (Å²) in [6.45, 7) is 0. The molecule has 174 valence electrons. The molecule has 0 aliphatic carbocycles. The molecular formula is C17H10Br2F4N6O4. The van der Waals surface area contributed by atoms with E-state index in [0.717, 1.165) is 0 Å². The molecule has 2 heterocycles. The molecule has 0 saturated heterocycles. The number of amides is 1. The number of amidine groups is 1. The number of hydrogen-bond acceptors (Lipinski definition) is 8. The van der Waals surface area contributed by atoms with Crippen LogP contribution in [0.2, 0.25) is 0 Å². The van der Waals surface area contributed by atoms with Crippen LogP contribution in [0.15, 0.2) is 55.2 Å². The van der Waals surface area contributed by atoms with Crippen molar-refractivity contribution in [2.45, 2.75) is 6.18 Å². The van der Waals surface area contributed by atoms with Crippen LogP contribution in [0.1, 0.15) is 16.1 Å². The molecule has 3 rings (SSSR count). The van der Waals surface area contributed by atoms with Crippen LogP contribution in [0.4, 0.5) is 29.1 Å². The number of carbonyl (C=O) groups excluding carboxylic acids is 2. The number of hydrogen-bond donors (Lipinski definition) is 3. The summed E-state index contributed by atoms with van der Waals surface area (Å²) < 4.78 is 50.0. The lowest BCUT2D eigenvalue weighted by molar-refractivity contribution is -0.156. The van der Waals surface area contributed by atoms with Crippen LogP contribution in [0.25, 0.3) is 0 Å².